The fraction of sp³-hybridized carbons (Fsp3) is 0.846. The Morgan fingerprint density at radius 1 is 1.50 bits per heavy atom. The Bertz CT molecular complexity index is 307. The number of carbonyl (C=O) groups excluding carboxylic acids is 1. The van der Waals surface area contributed by atoms with Gasteiger partial charge in [-0.1, -0.05) is 6.92 Å². The van der Waals surface area contributed by atoms with Crippen LogP contribution in [0.3, 0.4) is 0 Å². The Morgan fingerprint density at radius 3 is 2.72 bits per heavy atom. The maximum atomic E-state index is 11.9. The van der Waals surface area contributed by atoms with Crippen LogP contribution in [0, 0.1) is 11.8 Å². The molecule has 1 aliphatic rings. The van der Waals surface area contributed by atoms with Crippen molar-refractivity contribution in [3.8, 4) is 0 Å². The van der Waals surface area contributed by atoms with Crippen LogP contribution in [0.1, 0.15) is 26.2 Å². The van der Waals surface area contributed by atoms with Gasteiger partial charge in [-0.3, -0.25) is 9.59 Å². The van der Waals surface area contributed by atoms with Crippen LogP contribution in [0.4, 0.5) is 0 Å². The van der Waals surface area contributed by atoms with Crippen LogP contribution in [0.25, 0.3) is 0 Å². The maximum absolute atomic E-state index is 11.9. The summed E-state index contributed by atoms with van der Waals surface area (Å²) in [7, 11) is 3.87. The molecule has 1 saturated heterocycles. The molecule has 0 bridgehead atoms. The number of amides is 1. The summed E-state index contributed by atoms with van der Waals surface area (Å²) in [5.74, 6) is -1.07. The molecule has 2 unspecified atom stereocenters. The van der Waals surface area contributed by atoms with Gasteiger partial charge in [-0.15, -0.1) is 0 Å². The van der Waals surface area contributed by atoms with Crippen molar-refractivity contribution >= 4 is 11.9 Å². The number of carboxylic acids is 1. The normalized spacial score (nSPS) is 22.5. The summed E-state index contributed by atoms with van der Waals surface area (Å²) in [6, 6.07) is 0. The van der Waals surface area contributed by atoms with Crippen LogP contribution >= 0.6 is 0 Å². The van der Waals surface area contributed by atoms with E-state index in [1.54, 1.807) is 18.9 Å². The summed E-state index contributed by atoms with van der Waals surface area (Å²) in [5.41, 5.74) is 0. The van der Waals surface area contributed by atoms with E-state index in [0.717, 1.165) is 26.1 Å². The fourth-order valence-corrected chi connectivity index (χ4v) is 2.42. The Morgan fingerprint density at radius 2 is 2.17 bits per heavy atom. The largest absolute Gasteiger partial charge is 0.481 e. The SMILES string of the molecule is CC(CC(=O)N(C)CC1CCCN(C)C1)C(=O)O. The van der Waals surface area contributed by atoms with Crippen molar-refractivity contribution in [3.05, 3.63) is 0 Å². The van der Waals surface area contributed by atoms with E-state index in [-0.39, 0.29) is 12.3 Å². The Kier molecular flexibility index (Phi) is 5.59. The number of carboxylic acid groups (broad SMARTS) is 1. The van der Waals surface area contributed by atoms with Crippen LogP contribution in [0.5, 0.6) is 0 Å². The first-order valence-electron chi connectivity index (χ1n) is 6.55. The molecule has 0 aromatic heterocycles. The van der Waals surface area contributed by atoms with Gasteiger partial charge >= 0.3 is 5.97 Å². The molecule has 1 fully saturated rings. The lowest BCUT2D eigenvalue weighted by Crippen LogP contribution is -2.40. The second-order valence-electron chi connectivity index (χ2n) is 5.49. The average molecular weight is 256 g/mol. The highest BCUT2D eigenvalue weighted by Crippen LogP contribution is 2.16. The smallest absolute Gasteiger partial charge is 0.306 e. The predicted molar refractivity (Wildman–Crippen MR) is 69.3 cm³/mol. The van der Waals surface area contributed by atoms with Gasteiger partial charge in [0.2, 0.25) is 5.91 Å². The van der Waals surface area contributed by atoms with Gasteiger partial charge < -0.3 is 14.9 Å². The first kappa shape index (κ1) is 15.0. The number of hydrogen-bond donors (Lipinski definition) is 1. The summed E-state index contributed by atoms with van der Waals surface area (Å²) in [6.07, 6.45) is 2.42. The maximum Gasteiger partial charge on any atom is 0.306 e. The molecule has 104 valence electrons. The Hall–Kier alpha value is -1.10. The molecule has 0 saturated carbocycles. The van der Waals surface area contributed by atoms with Crippen LogP contribution < -0.4 is 0 Å². The van der Waals surface area contributed by atoms with Gasteiger partial charge in [0.15, 0.2) is 0 Å². The fourth-order valence-electron chi connectivity index (χ4n) is 2.42. The molecule has 0 spiro atoms. The minimum atomic E-state index is -0.908. The predicted octanol–water partition coefficient (Wildman–Crippen LogP) is 0.897. The number of nitrogens with zero attached hydrogens (tertiary/aromatic N) is 2. The van der Waals surface area contributed by atoms with E-state index in [1.165, 1.54) is 6.42 Å². The third-order valence-corrected chi connectivity index (χ3v) is 3.58. The zero-order valence-corrected chi connectivity index (χ0v) is 11.6. The van der Waals surface area contributed by atoms with Crippen molar-refractivity contribution in [2.24, 2.45) is 11.8 Å². The highest BCUT2D eigenvalue weighted by atomic mass is 16.4. The van der Waals surface area contributed by atoms with E-state index >= 15 is 0 Å². The minimum Gasteiger partial charge on any atom is -0.481 e. The number of piperidine rings is 1. The highest BCUT2D eigenvalue weighted by molar-refractivity contribution is 5.81. The lowest BCUT2D eigenvalue weighted by atomic mass is 9.97. The first-order valence-corrected chi connectivity index (χ1v) is 6.55. The van der Waals surface area contributed by atoms with Crippen LogP contribution in [-0.2, 0) is 9.59 Å². The number of hydrogen-bond acceptors (Lipinski definition) is 3. The third-order valence-electron chi connectivity index (χ3n) is 3.58. The zero-order valence-electron chi connectivity index (χ0n) is 11.6. The number of rotatable bonds is 5. The topological polar surface area (TPSA) is 60.9 Å². The molecule has 18 heavy (non-hydrogen) atoms. The van der Waals surface area contributed by atoms with Crippen LogP contribution in [0.15, 0.2) is 0 Å². The molecule has 5 heteroatoms. The lowest BCUT2D eigenvalue weighted by molar-refractivity contribution is -0.145. The van der Waals surface area contributed by atoms with E-state index < -0.39 is 11.9 Å². The monoisotopic (exact) mass is 256 g/mol. The van der Waals surface area contributed by atoms with E-state index in [0.29, 0.717) is 5.92 Å². The van der Waals surface area contributed by atoms with Gasteiger partial charge in [0.1, 0.15) is 0 Å². The number of carbonyl (C=O) groups is 2. The van der Waals surface area contributed by atoms with Gasteiger partial charge in [0.25, 0.3) is 0 Å². The molecule has 1 amide bonds. The van der Waals surface area contributed by atoms with Crippen molar-refractivity contribution in [2.45, 2.75) is 26.2 Å². The zero-order chi connectivity index (χ0) is 13.7. The van der Waals surface area contributed by atoms with Gasteiger partial charge in [-0.05, 0) is 32.4 Å². The number of likely N-dealkylation sites (tertiary alicyclic amines) is 1. The molecule has 0 aliphatic carbocycles. The van der Waals surface area contributed by atoms with Crippen LogP contribution in [0.2, 0.25) is 0 Å². The second kappa shape index (κ2) is 6.73. The molecular weight excluding hydrogens is 232 g/mol. The third kappa shape index (κ3) is 4.64. The van der Waals surface area contributed by atoms with Crippen molar-refractivity contribution < 1.29 is 14.7 Å². The van der Waals surface area contributed by atoms with Gasteiger partial charge in [-0.2, -0.15) is 0 Å². The second-order valence-corrected chi connectivity index (χ2v) is 5.49. The molecule has 1 aliphatic heterocycles. The Labute approximate surface area is 109 Å². The summed E-state index contributed by atoms with van der Waals surface area (Å²) < 4.78 is 0. The summed E-state index contributed by atoms with van der Waals surface area (Å²) in [5, 5.41) is 8.79. The highest BCUT2D eigenvalue weighted by Gasteiger charge is 2.23. The minimum absolute atomic E-state index is 0.0712. The van der Waals surface area contributed by atoms with E-state index in [2.05, 4.69) is 11.9 Å². The molecule has 5 nitrogen and oxygen atoms in total. The van der Waals surface area contributed by atoms with Gasteiger partial charge in [0.05, 0.1) is 5.92 Å². The lowest BCUT2D eigenvalue weighted by Gasteiger charge is -2.32. The number of aliphatic carboxylic acids is 1. The summed E-state index contributed by atoms with van der Waals surface area (Å²) in [6.45, 7) is 4.45. The average Bonchev–Trinajstić information content (AvgIpc) is 2.28. The van der Waals surface area contributed by atoms with Crippen molar-refractivity contribution in [1.82, 2.24) is 9.80 Å². The molecular formula is C13H24N2O3. The Balaban J connectivity index is 2.37. The van der Waals surface area contributed by atoms with Crippen molar-refractivity contribution in [1.29, 1.82) is 0 Å². The molecule has 1 rings (SSSR count). The molecule has 1 N–H and O–H groups in total. The summed E-state index contributed by atoms with van der Waals surface area (Å²) >= 11 is 0. The van der Waals surface area contributed by atoms with Crippen molar-refractivity contribution in [3.63, 3.8) is 0 Å². The van der Waals surface area contributed by atoms with Gasteiger partial charge in [-0.25, -0.2) is 0 Å². The van der Waals surface area contributed by atoms with Crippen LogP contribution in [-0.4, -0.2) is 60.5 Å². The first-order chi connectivity index (χ1) is 8.40. The standard InChI is InChI=1S/C13H24N2O3/c1-10(13(17)18)7-12(16)15(3)9-11-5-4-6-14(2)8-11/h10-11H,4-9H2,1-3H3,(H,17,18). The molecule has 0 aromatic rings. The molecule has 0 aromatic carbocycles. The molecule has 1 heterocycles. The molecule has 2 atom stereocenters. The van der Waals surface area contributed by atoms with E-state index in [4.69, 9.17) is 5.11 Å². The quantitative estimate of drug-likeness (QED) is 0.794. The van der Waals surface area contributed by atoms with E-state index in [1.807, 2.05) is 0 Å². The van der Waals surface area contributed by atoms with E-state index in [9.17, 15) is 9.59 Å². The van der Waals surface area contributed by atoms with Crippen molar-refractivity contribution in [2.75, 3.05) is 33.7 Å². The van der Waals surface area contributed by atoms with Gasteiger partial charge in [0, 0.05) is 26.6 Å². The summed E-state index contributed by atoms with van der Waals surface area (Å²) in [4.78, 5) is 26.5. The molecule has 0 radical (unpaired) electrons.